The number of carbonyl (C=O) groups is 2. The van der Waals surface area contributed by atoms with Crippen LogP contribution in [0.15, 0.2) is 0 Å². The van der Waals surface area contributed by atoms with Crippen molar-refractivity contribution in [2.24, 2.45) is 5.41 Å². The van der Waals surface area contributed by atoms with Crippen molar-refractivity contribution in [1.82, 2.24) is 0 Å². The molecule has 4 heteroatoms. The largest absolute Gasteiger partial charge is 0.465 e. The van der Waals surface area contributed by atoms with Crippen LogP contribution in [0.1, 0.15) is 124 Å². The smallest absolute Gasteiger partial charge is 0.305 e. The highest BCUT2D eigenvalue weighted by molar-refractivity contribution is 5.69. The molecule has 0 radical (unpaired) electrons. The molecule has 0 bridgehead atoms. The number of unbranched alkanes of at least 4 members (excludes halogenated alkanes) is 10. The molecule has 0 aromatic carbocycles. The lowest BCUT2D eigenvalue weighted by atomic mass is 9.90. The van der Waals surface area contributed by atoms with Crippen molar-refractivity contribution in [3.8, 4) is 0 Å². The van der Waals surface area contributed by atoms with E-state index < -0.39 is 0 Å². The van der Waals surface area contributed by atoms with Gasteiger partial charge in [-0.3, -0.25) is 9.59 Å². The molecular weight excluding hydrogens is 352 g/mol. The van der Waals surface area contributed by atoms with Crippen LogP contribution in [0.4, 0.5) is 0 Å². The van der Waals surface area contributed by atoms with Gasteiger partial charge in [-0.05, 0) is 19.3 Å². The summed E-state index contributed by atoms with van der Waals surface area (Å²) in [4.78, 5) is 23.9. The lowest BCUT2D eigenvalue weighted by Crippen LogP contribution is -2.31. The highest BCUT2D eigenvalue weighted by Gasteiger charge is 2.26. The van der Waals surface area contributed by atoms with Crippen molar-refractivity contribution in [3.05, 3.63) is 0 Å². The zero-order chi connectivity index (χ0) is 21.1. The first-order chi connectivity index (χ1) is 13.5. The highest BCUT2D eigenvalue weighted by Crippen LogP contribution is 2.23. The van der Waals surface area contributed by atoms with Gasteiger partial charge in [0.25, 0.3) is 0 Å². The fourth-order valence-corrected chi connectivity index (χ4v) is 3.00. The Balaban J connectivity index is 3.88. The van der Waals surface area contributed by atoms with Gasteiger partial charge in [0, 0.05) is 18.3 Å². The van der Waals surface area contributed by atoms with Gasteiger partial charge < -0.3 is 9.47 Å². The average molecular weight is 399 g/mol. The van der Waals surface area contributed by atoms with E-state index in [1.54, 1.807) is 0 Å². The summed E-state index contributed by atoms with van der Waals surface area (Å²) in [7, 11) is 0. The molecule has 0 fully saturated rings. The van der Waals surface area contributed by atoms with E-state index in [1.165, 1.54) is 51.4 Å². The topological polar surface area (TPSA) is 52.6 Å². The van der Waals surface area contributed by atoms with Crippen molar-refractivity contribution in [2.75, 3.05) is 13.2 Å². The summed E-state index contributed by atoms with van der Waals surface area (Å²) in [6.07, 6.45) is 15.7. The van der Waals surface area contributed by atoms with Crippen LogP contribution < -0.4 is 0 Å². The molecule has 0 saturated heterocycles. The molecule has 0 aliphatic rings. The molecule has 0 rings (SSSR count). The second kappa shape index (κ2) is 18.0. The third-order valence-corrected chi connectivity index (χ3v) is 5.49. The molecule has 0 heterocycles. The summed E-state index contributed by atoms with van der Waals surface area (Å²) in [5.41, 5.74) is -0.298. The van der Waals surface area contributed by atoms with Gasteiger partial charge in [0.2, 0.25) is 0 Å². The number of esters is 2. The first kappa shape index (κ1) is 26.9. The molecule has 0 aromatic heterocycles. The molecule has 0 amide bonds. The predicted molar refractivity (Wildman–Crippen MR) is 116 cm³/mol. The van der Waals surface area contributed by atoms with E-state index in [0.717, 1.165) is 32.1 Å². The fourth-order valence-electron chi connectivity index (χ4n) is 3.00. The molecule has 166 valence electrons. The summed E-state index contributed by atoms with van der Waals surface area (Å²) in [5, 5.41) is 0. The SMILES string of the molecule is CCCCCCCCC(=O)OCC(C)(CC)COC(=O)CCCCCCCC. The molecule has 0 unspecified atom stereocenters. The quantitative estimate of drug-likeness (QED) is 0.174. The molecule has 4 nitrogen and oxygen atoms in total. The fraction of sp³-hybridized carbons (Fsp3) is 0.917. The van der Waals surface area contributed by atoms with E-state index in [-0.39, 0.29) is 17.4 Å². The van der Waals surface area contributed by atoms with Gasteiger partial charge in [-0.2, -0.15) is 0 Å². The van der Waals surface area contributed by atoms with Gasteiger partial charge in [0.1, 0.15) is 0 Å². The van der Waals surface area contributed by atoms with Crippen LogP contribution in [0.25, 0.3) is 0 Å². The normalized spacial score (nSPS) is 11.4. The van der Waals surface area contributed by atoms with Crippen LogP contribution in [0.5, 0.6) is 0 Å². The van der Waals surface area contributed by atoms with Gasteiger partial charge in [-0.25, -0.2) is 0 Å². The van der Waals surface area contributed by atoms with Crippen molar-refractivity contribution >= 4 is 11.9 Å². The van der Waals surface area contributed by atoms with E-state index in [9.17, 15) is 9.59 Å². The summed E-state index contributed by atoms with van der Waals surface area (Å²) >= 11 is 0. The lowest BCUT2D eigenvalue weighted by Gasteiger charge is -2.27. The van der Waals surface area contributed by atoms with E-state index >= 15 is 0 Å². The Bertz CT molecular complexity index is 360. The Kier molecular flexibility index (Phi) is 17.3. The minimum absolute atomic E-state index is 0.131. The lowest BCUT2D eigenvalue weighted by molar-refractivity contribution is -0.153. The highest BCUT2D eigenvalue weighted by atomic mass is 16.5. The summed E-state index contributed by atoms with van der Waals surface area (Å²) < 4.78 is 10.9. The molecule has 0 spiro atoms. The minimum atomic E-state index is -0.298. The molecule has 0 aromatic rings. The number of carbonyl (C=O) groups excluding carboxylic acids is 2. The Morgan fingerprint density at radius 1 is 0.607 bits per heavy atom. The molecule has 0 N–H and O–H groups in total. The molecule has 28 heavy (non-hydrogen) atoms. The second-order valence-electron chi connectivity index (χ2n) is 8.52. The van der Waals surface area contributed by atoms with Crippen LogP contribution in [0.2, 0.25) is 0 Å². The van der Waals surface area contributed by atoms with E-state index in [0.29, 0.717) is 26.1 Å². The molecule has 0 aliphatic heterocycles. The third-order valence-electron chi connectivity index (χ3n) is 5.49. The van der Waals surface area contributed by atoms with Crippen LogP contribution in [-0.4, -0.2) is 25.2 Å². The van der Waals surface area contributed by atoms with Gasteiger partial charge in [-0.1, -0.05) is 91.9 Å². The third kappa shape index (κ3) is 15.9. The van der Waals surface area contributed by atoms with Crippen molar-refractivity contribution in [2.45, 2.75) is 124 Å². The van der Waals surface area contributed by atoms with Crippen molar-refractivity contribution in [3.63, 3.8) is 0 Å². The number of rotatable bonds is 19. The predicted octanol–water partition coefficient (Wildman–Crippen LogP) is 6.99. The van der Waals surface area contributed by atoms with E-state index in [2.05, 4.69) is 13.8 Å². The van der Waals surface area contributed by atoms with Crippen LogP contribution in [0.3, 0.4) is 0 Å². The zero-order valence-corrected chi connectivity index (χ0v) is 19.2. The Labute approximate surface area is 174 Å². The Morgan fingerprint density at radius 2 is 0.964 bits per heavy atom. The average Bonchev–Trinajstić information content (AvgIpc) is 2.70. The molecule has 0 saturated carbocycles. The second-order valence-corrected chi connectivity index (χ2v) is 8.52. The van der Waals surface area contributed by atoms with Gasteiger partial charge in [0.15, 0.2) is 0 Å². The Hall–Kier alpha value is -1.06. The van der Waals surface area contributed by atoms with Gasteiger partial charge in [0.05, 0.1) is 13.2 Å². The van der Waals surface area contributed by atoms with Gasteiger partial charge >= 0.3 is 11.9 Å². The number of hydrogen-bond donors (Lipinski definition) is 0. The standard InChI is InChI=1S/C24H46O4/c1-5-8-10-12-14-16-18-22(25)27-20-24(4,7-3)21-28-23(26)19-17-15-13-11-9-6-2/h5-21H2,1-4H3. The maximum Gasteiger partial charge on any atom is 0.305 e. The van der Waals surface area contributed by atoms with Gasteiger partial charge in [-0.15, -0.1) is 0 Å². The molecular formula is C24H46O4. The first-order valence-electron chi connectivity index (χ1n) is 11.8. The minimum Gasteiger partial charge on any atom is -0.465 e. The Morgan fingerprint density at radius 3 is 1.32 bits per heavy atom. The van der Waals surface area contributed by atoms with Crippen LogP contribution in [0, 0.1) is 5.41 Å². The monoisotopic (exact) mass is 398 g/mol. The molecule has 0 aliphatic carbocycles. The van der Waals surface area contributed by atoms with Crippen LogP contribution in [-0.2, 0) is 19.1 Å². The summed E-state index contributed by atoms with van der Waals surface area (Å²) in [6, 6.07) is 0. The van der Waals surface area contributed by atoms with E-state index in [4.69, 9.17) is 9.47 Å². The molecule has 0 atom stereocenters. The maximum absolute atomic E-state index is 12.0. The zero-order valence-electron chi connectivity index (χ0n) is 19.2. The van der Waals surface area contributed by atoms with Crippen molar-refractivity contribution in [1.29, 1.82) is 0 Å². The van der Waals surface area contributed by atoms with E-state index in [1.807, 2.05) is 13.8 Å². The van der Waals surface area contributed by atoms with Crippen molar-refractivity contribution < 1.29 is 19.1 Å². The number of hydrogen-bond acceptors (Lipinski definition) is 4. The maximum atomic E-state index is 12.0. The summed E-state index contributed by atoms with van der Waals surface area (Å²) in [5.74, 6) is -0.262. The summed E-state index contributed by atoms with van der Waals surface area (Å²) in [6.45, 7) is 9.11. The van der Waals surface area contributed by atoms with Crippen LogP contribution >= 0.6 is 0 Å². The number of ether oxygens (including phenoxy) is 2. The first-order valence-corrected chi connectivity index (χ1v) is 11.8.